The third kappa shape index (κ3) is 0.831. The number of nitrogens with one attached hydrogen (secondary N) is 1. The molecule has 2 aromatic rings. The molecule has 0 saturated carbocycles. The van der Waals surface area contributed by atoms with Gasteiger partial charge in [-0.2, -0.15) is 5.10 Å². The third-order valence-corrected chi connectivity index (χ3v) is 1.87. The first-order chi connectivity index (χ1) is 5.70. The second kappa shape index (κ2) is 2.31. The molecular weight excluding hydrogens is 180 g/mol. The Morgan fingerprint density at radius 3 is 3.08 bits per heavy atom. The average molecular weight is 185 g/mol. The van der Waals surface area contributed by atoms with E-state index < -0.39 is 0 Å². The number of halogens is 1. The number of rotatable bonds is 0. The van der Waals surface area contributed by atoms with Gasteiger partial charge in [-0.15, -0.1) is 0 Å². The molecule has 0 saturated heterocycles. The number of aromatic nitrogens is 4. The van der Waals surface area contributed by atoms with Crippen LogP contribution in [0, 0.1) is 0 Å². The Morgan fingerprint density at radius 1 is 1.67 bits per heavy atom. The molecule has 0 aliphatic carbocycles. The van der Waals surface area contributed by atoms with Crippen molar-refractivity contribution in [2.75, 3.05) is 0 Å². The fourth-order valence-electron chi connectivity index (χ4n) is 1.05. The maximum absolute atomic E-state index is 11.2. The molecule has 0 bridgehead atoms. The van der Waals surface area contributed by atoms with Crippen LogP contribution in [0.25, 0.3) is 11.0 Å². The topological polar surface area (TPSA) is 63.6 Å². The van der Waals surface area contributed by atoms with Crippen molar-refractivity contribution in [2.45, 2.75) is 0 Å². The Labute approximate surface area is 72.0 Å². The van der Waals surface area contributed by atoms with E-state index in [2.05, 4.69) is 15.2 Å². The maximum atomic E-state index is 11.2. The normalized spacial score (nSPS) is 10.8. The number of aromatic amines is 1. The largest absolute Gasteiger partial charge is 0.329 e. The van der Waals surface area contributed by atoms with Crippen LogP contribution in [0.4, 0.5) is 0 Å². The summed E-state index contributed by atoms with van der Waals surface area (Å²) in [6, 6.07) is 0. The second-order valence-corrected chi connectivity index (χ2v) is 2.75. The van der Waals surface area contributed by atoms with Crippen LogP contribution in [0.5, 0.6) is 0 Å². The van der Waals surface area contributed by atoms with E-state index in [-0.39, 0.29) is 10.7 Å². The minimum Gasteiger partial charge on any atom is -0.329 e. The Balaban J connectivity index is 3.09. The number of fused-ring (bicyclic) bond motifs is 1. The van der Waals surface area contributed by atoms with Gasteiger partial charge in [-0.25, -0.2) is 10.1 Å². The number of H-pyrrole nitrogens is 1. The summed E-state index contributed by atoms with van der Waals surface area (Å²) in [6.45, 7) is 0. The van der Waals surface area contributed by atoms with Crippen LogP contribution in [0.2, 0.25) is 5.15 Å². The van der Waals surface area contributed by atoms with Crippen molar-refractivity contribution in [3.8, 4) is 0 Å². The summed E-state index contributed by atoms with van der Waals surface area (Å²) in [7, 11) is 1.72. The number of hydrogen-bond donors (Lipinski definition) is 1. The molecule has 5 nitrogen and oxygen atoms in total. The van der Waals surface area contributed by atoms with Crippen LogP contribution >= 0.6 is 11.6 Å². The maximum Gasteiger partial charge on any atom is 0.290 e. The van der Waals surface area contributed by atoms with Crippen LogP contribution in [-0.4, -0.2) is 19.7 Å². The standard InChI is InChI=1S/C6H5ClN4O/c1-11-2-8-3-4(11)6(12)10-9-5(3)7/h2H,1H3,(H,10,12). The summed E-state index contributed by atoms with van der Waals surface area (Å²) in [5.41, 5.74) is 0.590. The quantitative estimate of drug-likeness (QED) is 0.641. The first-order valence-corrected chi connectivity index (χ1v) is 3.63. The van der Waals surface area contributed by atoms with E-state index in [9.17, 15) is 4.79 Å². The molecule has 0 spiro atoms. The molecule has 6 heteroatoms. The van der Waals surface area contributed by atoms with Crippen molar-refractivity contribution in [1.29, 1.82) is 0 Å². The van der Waals surface area contributed by atoms with Crippen molar-refractivity contribution in [1.82, 2.24) is 19.7 Å². The number of aryl methyl sites for hydroxylation is 1. The van der Waals surface area contributed by atoms with Crippen LogP contribution < -0.4 is 5.56 Å². The zero-order valence-electron chi connectivity index (χ0n) is 6.21. The molecule has 1 N–H and O–H groups in total. The van der Waals surface area contributed by atoms with Crippen LogP contribution in [-0.2, 0) is 7.05 Å². The lowest BCUT2D eigenvalue weighted by molar-refractivity contribution is 0.925. The molecular formula is C6H5ClN4O. The molecule has 0 fully saturated rings. The van der Waals surface area contributed by atoms with E-state index in [0.29, 0.717) is 11.0 Å². The molecule has 0 unspecified atom stereocenters. The van der Waals surface area contributed by atoms with E-state index >= 15 is 0 Å². The highest BCUT2D eigenvalue weighted by Crippen LogP contribution is 2.13. The van der Waals surface area contributed by atoms with Gasteiger partial charge in [-0.1, -0.05) is 11.6 Å². The summed E-state index contributed by atoms with van der Waals surface area (Å²) < 4.78 is 1.60. The van der Waals surface area contributed by atoms with Gasteiger partial charge in [0.05, 0.1) is 6.33 Å². The first-order valence-electron chi connectivity index (χ1n) is 3.25. The fraction of sp³-hybridized carbons (Fsp3) is 0.167. The minimum atomic E-state index is -0.283. The number of imidazole rings is 1. The third-order valence-electron chi connectivity index (χ3n) is 1.60. The van der Waals surface area contributed by atoms with Crippen molar-refractivity contribution in [2.24, 2.45) is 7.05 Å². The van der Waals surface area contributed by atoms with Crippen molar-refractivity contribution < 1.29 is 0 Å². The monoisotopic (exact) mass is 184 g/mol. The fourth-order valence-corrected chi connectivity index (χ4v) is 1.24. The van der Waals surface area contributed by atoms with Crippen LogP contribution in [0.15, 0.2) is 11.1 Å². The molecule has 62 valence electrons. The van der Waals surface area contributed by atoms with E-state index in [4.69, 9.17) is 11.6 Å². The lowest BCUT2D eigenvalue weighted by Crippen LogP contribution is -2.10. The number of nitrogens with zero attached hydrogens (tertiary/aromatic N) is 3. The minimum absolute atomic E-state index is 0.213. The Kier molecular flexibility index (Phi) is 1.41. The lowest BCUT2D eigenvalue weighted by Gasteiger charge is -1.92. The van der Waals surface area contributed by atoms with Gasteiger partial charge in [0.25, 0.3) is 5.56 Å². The highest BCUT2D eigenvalue weighted by Gasteiger charge is 2.08. The van der Waals surface area contributed by atoms with Crippen LogP contribution in [0.1, 0.15) is 0 Å². The van der Waals surface area contributed by atoms with Gasteiger partial charge >= 0.3 is 0 Å². The van der Waals surface area contributed by atoms with Gasteiger partial charge in [0.1, 0.15) is 11.0 Å². The van der Waals surface area contributed by atoms with Crippen molar-refractivity contribution in [3.63, 3.8) is 0 Å². The van der Waals surface area contributed by atoms with E-state index in [1.54, 1.807) is 11.6 Å². The van der Waals surface area contributed by atoms with Crippen molar-refractivity contribution in [3.05, 3.63) is 21.8 Å². The van der Waals surface area contributed by atoms with Crippen molar-refractivity contribution >= 4 is 22.6 Å². The van der Waals surface area contributed by atoms with E-state index in [0.717, 1.165) is 0 Å². The smallest absolute Gasteiger partial charge is 0.290 e. The Morgan fingerprint density at radius 2 is 2.42 bits per heavy atom. The summed E-state index contributed by atoms with van der Waals surface area (Å²) in [5.74, 6) is 0. The van der Waals surface area contributed by atoms with Gasteiger partial charge in [0, 0.05) is 7.05 Å². The molecule has 2 heterocycles. The number of hydrogen-bond acceptors (Lipinski definition) is 3. The van der Waals surface area contributed by atoms with Gasteiger partial charge in [-0.3, -0.25) is 4.79 Å². The molecule has 0 aliphatic rings. The summed E-state index contributed by atoms with van der Waals surface area (Å²) in [5, 5.41) is 6.06. The zero-order valence-corrected chi connectivity index (χ0v) is 6.96. The Hall–Kier alpha value is -1.36. The predicted octanol–water partition coefficient (Wildman–Crippen LogP) is 0.310. The lowest BCUT2D eigenvalue weighted by atomic mass is 10.5. The zero-order chi connectivity index (χ0) is 8.72. The van der Waals surface area contributed by atoms with Gasteiger partial charge in [0.15, 0.2) is 5.15 Å². The molecule has 0 atom stereocenters. The molecule has 0 aromatic carbocycles. The van der Waals surface area contributed by atoms with Gasteiger partial charge in [0.2, 0.25) is 0 Å². The summed E-state index contributed by atoms with van der Waals surface area (Å²) in [6.07, 6.45) is 1.52. The molecule has 0 amide bonds. The Bertz CT molecular complexity index is 486. The van der Waals surface area contributed by atoms with E-state index in [1.807, 2.05) is 0 Å². The second-order valence-electron chi connectivity index (χ2n) is 2.40. The molecule has 12 heavy (non-hydrogen) atoms. The van der Waals surface area contributed by atoms with Crippen LogP contribution in [0.3, 0.4) is 0 Å². The summed E-state index contributed by atoms with van der Waals surface area (Å²) >= 11 is 5.69. The average Bonchev–Trinajstić information content (AvgIpc) is 2.42. The molecule has 0 aliphatic heterocycles. The molecule has 2 rings (SSSR count). The SMILES string of the molecule is Cn1cnc2c(Cl)n[nH]c(=O)c21. The molecule has 0 radical (unpaired) electrons. The first kappa shape index (κ1) is 7.30. The summed E-state index contributed by atoms with van der Waals surface area (Å²) in [4.78, 5) is 15.1. The highest BCUT2D eigenvalue weighted by atomic mass is 35.5. The van der Waals surface area contributed by atoms with Gasteiger partial charge in [-0.05, 0) is 0 Å². The highest BCUT2D eigenvalue weighted by molar-refractivity contribution is 6.33. The van der Waals surface area contributed by atoms with E-state index in [1.165, 1.54) is 6.33 Å². The van der Waals surface area contributed by atoms with Gasteiger partial charge < -0.3 is 4.57 Å². The molecule has 2 aromatic heterocycles. The predicted molar refractivity (Wildman–Crippen MR) is 44.1 cm³/mol.